The number of rotatable bonds is 7. The molecule has 0 aromatic heterocycles. The summed E-state index contributed by atoms with van der Waals surface area (Å²) in [6, 6.07) is 9.43. The Kier molecular flexibility index (Phi) is 3.64. The van der Waals surface area contributed by atoms with E-state index in [4.69, 9.17) is 0 Å². The van der Waals surface area contributed by atoms with Crippen LogP contribution < -0.4 is 5.32 Å². The fraction of sp³-hybridized carbons (Fsp3) is 0.500. The molecule has 1 aromatic rings. The number of para-hydroxylation sites is 1. The molecular formula is C16H21NS. The molecule has 2 aliphatic carbocycles. The fourth-order valence-corrected chi connectivity index (χ4v) is 3.33. The van der Waals surface area contributed by atoms with Gasteiger partial charge in [0.1, 0.15) is 0 Å². The number of benzene rings is 1. The van der Waals surface area contributed by atoms with Gasteiger partial charge in [0, 0.05) is 22.4 Å². The highest BCUT2D eigenvalue weighted by atomic mass is 32.2. The second-order valence-electron chi connectivity index (χ2n) is 5.44. The largest absolute Gasteiger partial charge is 0.381 e. The lowest BCUT2D eigenvalue weighted by Gasteiger charge is -2.21. The number of nitrogens with one attached hydrogen (secondary N) is 1. The molecule has 0 spiro atoms. The van der Waals surface area contributed by atoms with Gasteiger partial charge in [-0.2, -0.15) is 0 Å². The highest BCUT2D eigenvalue weighted by molar-refractivity contribution is 7.99. The van der Waals surface area contributed by atoms with Gasteiger partial charge in [0.25, 0.3) is 0 Å². The third-order valence-electron chi connectivity index (χ3n) is 3.83. The van der Waals surface area contributed by atoms with E-state index in [1.807, 2.05) is 17.8 Å². The molecule has 0 atom stereocenters. The Morgan fingerprint density at radius 1 is 1.22 bits per heavy atom. The monoisotopic (exact) mass is 259 g/mol. The molecule has 1 N–H and O–H groups in total. The van der Waals surface area contributed by atoms with Gasteiger partial charge in [-0.1, -0.05) is 18.2 Å². The molecule has 2 saturated carbocycles. The predicted octanol–water partition coefficient (Wildman–Crippen LogP) is 4.57. The third kappa shape index (κ3) is 2.92. The molecule has 0 saturated heterocycles. The smallest absolute Gasteiger partial charge is 0.0480 e. The van der Waals surface area contributed by atoms with E-state index in [0.29, 0.717) is 0 Å². The number of anilines is 1. The summed E-state index contributed by atoms with van der Waals surface area (Å²) < 4.78 is 0. The molecular weight excluding hydrogens is 238 g/mol. The first kappa shape index (κ1) is 12.2. The fourth-order valence-electron chi connectivity index (χ4n) is 2.57. The van der Waals surface area contributed by atoms with Gasteiger partial charge in [-0.25, -0.2) is 0 Å². The Bertz CT molecular complexity index is 409. The Morgan fingerprint density at radius 2 is 1.89 bits per heavy atom. The summed E-state index contributed by atoms with van der Waals surface area (Å²) in [4.78, 5) is 1.36. The number of thioether (sulfide) groups is 1. The summed E-state index contributed by atoms with van der Waals surface area (Å²) >= 11 is 1.87. The molecule has 3 rings (SSSR count). The Labute approximate surface area is 114 Å². The first-order valence-electron chi connectivity index (χ1n) is 6.97. The van der Waals surface area contributed by atoms with Gasteiger partial charge < -0.3 is 5.32 Å². The zero-order valence-corrected chi connectivity index (χ0v) is 11.6. The van der Waals surface area contributed by atoms with Crippen molar-refractivity contribution in [3.63, 3.8) is 0 Å². The van der Waals surface area contributed by atoms with Crippen molar-refractivity contribution in [2.45, 2.75) is 36.6 Å². The van der Waals surface area contributed by atoms with Crippen LogP contribution in [0, 0.1) is 11.8 Å². The van der Waals surface area contributed by atoms with E-state index >= 15 is 0 Å². The van der Waals surface area contributed by atoms with Crippen molar-refractivity contribution in [1.82, 2.24) is 0 Å². The Morgan fingerprint density at radius 3 is 2.50 bits per heavy atom. The van der Waals surface area contributed by atoms with Crippen LogP contribution in [0.1, 0.15) is 25.7 Å². The molecule has 96 valence electrons. The van der Waals surface area contributed by atoms with Gasteiger partial charge in [0.05, 0.1) is 0 Å². The van der Waals surface area contributed by atoms with Gasteiger partial charge in [0.15, 0.2) is 0 Å². The SMILES string of the molecule is C=CCSc1ccccc1NC(C1CC1)C1CC1. The zero-order valence-electron chi connectivity index (χ0n) is 10.8. The van der Waals surface area contributed by atoms with Crippen LogP contribution in [0.2, 0.25) is 0 Å². The van der Waals surface area contributed by atoms with E-state index in [2.05, 4.69) is 36.2 Å². The molecule has 0 aliphatic heterocycles. The van der Waals surface area contributed by atoms with Crippen molar-refractivity contribution in [1.29, 1.82) is 0 Å². The van der Waals surface area contributed by atoms with Crippen molar-refractivity contribution >= 4 is 17.4 Å². The second-order valence-corrected chi connectivity index (χ2v) is 6.50. The average Bonchev–Trinajstić information content (AvgIpc) is 3.28. The summed E-state index contributed by atoms with van der Waals surface area (Å²) in [6.45, 7) is 3.80. The first-order chi connectivity index (χ1) is 8.88. The van der Waals surface area contributed by atoms with Crippen LogP contribution in [-0.2, 0) is 0 Å². The van der Waals surface area contributed by atoms with Crippen LogP contribution in [0.4, 0.5) is 5.69 Å². The van der Waals surface area contributed by atoms with E-state index in [9.17, 15) is 0 Å². The van der Waals surface area contributed by atoms with Crippen molar-refractivity contribution in [3.05, 3.63) is 36.9 Å². The van der Waals surface area contributed by atoms with Crippen molar-refractivity contribution in [3.8, 4) is 0 Å². The van der Waals surface area contributed by atoms with Crippen LogP contribution in [0.5, 0.6) is 0 Å². The molecule has 0 amide bonds. The number of hydrogen-bond donors (Lipinski definition) is 1. The summed E-state index contributed by atoms with van der Waals surface area (Å²) in [7, 11) is 0. The zero-order chi connectivity index (χ0) is 12.4. The summed E-state index contributed by atoms with van der Waals surface area (Å²) in [5.74, 6) is 2.86. The van der Waals surface area contributed by atoms with Gasteiger partial charge in [-0.05, 0) is 49.7 Å². The molecule has 0 heterocycles. The molecule has 1 nitrogen and oxygen atoms in total. The van der Waals surface area contributed by atoms with Crippen LogP contribution in [0.25, 0.3) is 0 Å². The predicted molar refractivity (Wildman–Crippen MR) is 80.2 cm³/mol. The van der Waals surface area contributed by atoms with E-state index in [-0.39, 0.29) is 0 Å². The summed E-state index contributed by atoms with van der Waals surface area (Å²) in [5, 5.41) is 3.83. The Balaban J connectivity index is 1.71. The molecule has 0 unspecified atom stereocenters. The van der Waals surface area contributed by atoms with Crippen LogP contribution in [0.15, 0.2) is 41.8 Å². The third-order valence-corrected chi connectivity index (χ3v) is 4.90. The highest BCUT2D eigenvalue weighted by Crippen LogP contribution is 2.46. The summed E-state index contributed by atoms with van der Waals surface area (Å²) in [6.07, 6.45) is 7.68. The van der Waals surface area contributed by atoms with Crippen molar-refractivity contribution in [2.75, 3.05) is 11.1 Å². The quantitative estimate of drug-likeness (QED) is 0.569. The lowest BCUT2D eigenvalue weighted by molar-refractivity contribution is 0.566. The standard InChI is InChI=1S/C16H21NS/c1-2-11-18-15-6-4-3-5-14(15)17-16(12-7-8-12)13-9-10-13/h2-6,12-13,16-17H,1,7-11H2. The van der Waals surface area contributed by atoms with Crippen LogP contribution in [-0.4, -0.2) is 11.8 Å². The summed E-state index contributed by atoms with van der Waals surface area (Å²) in [5.41, 5.74) is 1.33. The molecule has 18 heavy (non-hydrogen) atoms. The van der Waals surface area contributed by atoms with E-state index < -0.39 is 0 Å². The highest BCUT2D eigenvalue weighted by Gasteiger charge is 2.41. The normalized spacial score (nSPS) is 18.9. The van der Waals surface area contributed by atoms with Crippen LogP contribution >= 0.6 is 11.8 Å². The maximum Gasteiger partial charge on any atom is 0.0480 e. The molecule has 2 aliphatic rings. The molecule has 2 heteroatoms. The lowest BCUT2D eigenvalue weighted by Crippen LogP contribution is -2.24. The molecule has 0 bridgehead atoms. The van der Waals surface area contributed by atoms with Crippen LogP contribution in [0.3, 0.4) is 0 Å². The number of hydrogen-bond acceptors (Lipinski definition) is 2. The van der Waals surface area contributed by atoms with E-state index in [1.165, 1.54) is 36.3 Å². The van der Waals surface area contributed by atoms with Gasteiger partial charge in [0.2, 0.25) is 0 Å². The minimum Gasteiger partial charge on any atom is -0.381 e. The maximum atomic E-state index is 3.83. The van der Waals surface area contributed by atoms with E-state index in [0.717, 1.165) is 23.6 Å². The minimum absolute atomic E-state index is 0.732. The molecule has 1 aromatic carbocycles. The van der Waals surface area contributed by atoms with Gasteiger partial charge >= 0.3 is 0 Å². The lowest BCUT2D eigenvalue weighted by atomic mass is 10.1. The average molecular weight is 259 g/mol. The molecule has 0 radical (unpaired) electrons. The van der Waals surface area contributed by atoms with Crippen molar-refractivity contribution in [2.24, 2.45) is 11.8 Å². The topological polar surface area (TPSA) is 12.0 Å². The van der Waals surface area contributed by atoms with Crippen molar-refractivity contribution < 1.29 is 0 Å². The first-order valence-corrected chi connectivity index (χ1v) is 7.96. The Hall–Kier alpha value is -0.890. The van der Waals surface area contributed by atoms with E-state index in [1.54, 1.807) is 0 Å². The molecule has 2 fully saturated rings. The maximum absolute atomic E-state index is 3.83. The van der Waals surface area contributed by atoms with Gasteiger partial charge in [-0.15, -0.1) is 18.3 Å². The van der Waals surface area contributed by atoms with Gasteiger partial charge in [-0.3, -0.25) is 0 Å². The second kappa shape index (κ2) is 5.40. The minimum atomic E-state index is 0.732.